The predicted octanol–water partition coefficient (Wildman–Crippen LogP) is 14.6. The second kappa shape index (κ2) is 15.5. The second-order valence-corrected chi connectivity index (χ2v) is 15.2. The molecule has 0 aliphatic carbocycles. The molecule has 0 N–H and O–H groups in total. The van der Waals surface area contributed by atoms with Crippen LogP contribution in [0.4, 0.5) is 0 Å². The van der Waals surface area contributed by atoms with Gasteiger partial charge < -0.3 is 0 Å². The Morgan fingerprint density at radius 1 is 0.328 bits per heavy atom. The smallest absolute Gasteiger partial charge is 0.160 e. The summed E-state index contributed by atoms with van der Waals surface area (Å²) in [5, 5.41) is 7.78. The van der Waals surface area contributed by atoms with Crippen LogP contribution >= 0.6 is 0 Å². The van der Waals surface area contributed by atoms with Gasteiger partial charge in [-0.05, 0) is 45.3 Å². The maximum atomic E-state index is 5.45. The van der Waals surface area contributed by atoms with E-state index in [2.05, 4.69) is 199 Å². The molecular weight excluding hydrogens is 741 g/mol. The molecule has 0 unspecified atom stereocenters. The van der Waals surface area contributed by atoms with Gasteiger partial charge in [-0.2, -0.15) is 5.10 Å². The average molecular weight is 779 g/mol. The molecule has 0 aliphatic heterocycles. The Bertz CT molecular complexity index is 3230. The topological polar surface area (TPSA) is 43.1 Å². The van der Waals surface area contributed by atoms with Crippen molar-refractivity contribution in [3.05, 3.63) is 231 Å². The summed E-state index contributed by atoms with van der Waals surface area (Å²) in [5.41, 5.74) is 17.0. The first kappa shape index (κ1) is 35.9. The van der Waals surface area contributed by atoms with Crippen molar-refractivity contribution in [2.24, 2.45) is 0 Å². The first-order valence-corrected chi connectivity index (χ1v) is 20.6. The van der Waals surface area contributed by atoms with Crippen LogP contribution in [-0.4, -0.2) is 19.6 Å². The lowest BCUT2D eigenvalue weighted by Gasteiger charge is -2.15. The summed E-state index contributed by atoms with van der Waals surface area (Å²) in [5.74, 6) is 0.699. The lowest BCUT2D eigenvalue weighted by atomic mass is 9.92. The van der Waals surface area contributed by atoms with E-state index in [1.807, 2.05) is 36.4 Å². The van der Waals surface area contributed by atoms with Crippen molar-refractivity contribution < 1.29 is 0 Å². The van der Waals surface area contributed by atoms with E-state index in [0.29, 0.717) is 5.82 Å². The van der Waals surface area contributed by atoms with Crippen LogP contribution in [0, 0.1) is 0 Å². The quantitative estimate of drug-likeness (QED) is 0.154. The Kier molecular flexibility index (Phi) is 9.14. The highest BCUT2D eigenvalue weighted by Gasteiger charge is 2.23. The first-order chi connectivity index (χ1) is 30.2. The van der Waals surface area contributed by atoms with Gasteiger partial charge in [0.1, 0.15) is 5.69 Å². The van der Waals surface area contributed by atoms with E-state index >= 15 is 0 Å². The minimum Gasteiger partial charge on any atom is -0.231 e. The third-order valence-electron chi connectivity index (χ3n) is 11.5. The Labute approximate surface area is 354 Å². The van der Waals surface area contributed by atoms with Crippen molar-refractivity contribution in [3.63, 3.8) is 0 Å². The van der Waals surface area contributed by atoms with Gasteiger partial charge in [0.25, 0.3) is 0 Å². The molecule has 3 heterocycles. The molecule has 11 rings (SSSR count). The van der Waals surface area contributed by atoms with Gasteiger partial charge >= 0.3 is 0 Å². The molecule has 0 radical (unpaired) electrons. The largest absolute Gasteiger partial charge is 0.231 e. The van der Waals surface area contributed by atoms with Crippen molar-refractivity contribution in [2.45, 2.75) is 0 Å². The molecule has 3 aromatic heterocycles. The van der Waals surface area contributed by atoms with Gasteiger partial charge in [0, 0.05) is 38.8 Å². The monoisotopic (exact) mass is 778 g/mol. The second-order valence-electron chi connectivity index (χ2n) is 15.2. The molecule has 8 aromatic carbocycles. The zero-order valence-electron chi connectivity index (χ0n) is 33.2. The molecule has 0 spiro atoms. The zero-order chi connectivity index (χ0) is 40.5. The summed E-state index contributed by atoms with van der Waals surface area (Å²) < 4.78 is 2.17. The highest BCUT2D eigenvalue weighted by atomic mass is 15.2. The molecule has 0 aliphatic rings. The van der Waals surface area contributed by atoms with Crippen molar-refractivity contribution in [1.29, 1.82) is 0 Å². The van der Waals surface area contributed by atoms with Crippen molar-refractivity contribution >= 4 is 16.3 Å². The van der Waals surface area contributed by atoms with Crippen LogP contribution in [0.1, 0.15) is 0 Å². The lowest BCUT2D eigenvalue weighted by molar-refractivity contribution is 0.980. The van der Waals surface area contributed by atoms with Crippen molar-refractivity contribution in [2.75, 3.05) is 0 Å². The predicted molar refractivity (Wildman–Crippen MR) is 252 cm³/mol. The van der Waals surface area contributed by atoms with Gasteiger partial charge in [-0.15, -0.1) is 0 Å². The summed E-state index contributed by atoms with van der Waals surface area (Å²) >= 11 is 0. The average Bonchev–Trinajstić information content (AvgIpc) is 3.76. The van der Waals surface area contributed by atoms with Crippen molar-refractivity contribution in [1.82, 2.24) is 19.6 Å². The van der Waals surface area contributed by atoms with E-state index in [-0.39, 0.29) is 0 Å². The zero-order valence-corrected chi connectivity index (χ0v) is 33.2. The molecule has 4 heteroatoms. The van der Waals surface area contributed by atoms with Crippen LogP contribution in [-0.2, 0) is 0 Å². The SMILES string of the molecule is c1ccc(-c2cc(-c3ccccc3)nc(-c3ccc(-c4ccc(-c5cccc6cc(-c7ccccc7)n7nc(-c8ccccc8)c(-c8ccccc8)c7c56)cc4)cc3)n2)cc1. The molecule has 286 valence electrons. The van der Waals surface area contributed by atoms with E-state index in [0.717, 1.165) is 94.9 Å². The molecule has 11 aromatic rings. The Balaban J connectivity index is 1.02. The molecule has 0 saturated heterocycles. The number of fused-ring (bicyclic) bond motifs is 3. The highest BCUT2D eigenvalue weighted by Crippen LogP contribution is 2.44. The van der Waals surface area contributed by atoms with Gasteiger partial charge in [-0.1, -0.05) is 218 Å². The van der Waals surface area contributed by atoms with Gasteiger partial charge in [0.2, 0.25) is 0 Å². The third-order valence-corrected chi connectivity index (χ3v) is 11.5. The van der Waals surface area contributed by atoms with Crippen LogP contribution in [0.25, 0.3) is 106 Å². The van der Waals surface area contributed by atoms with Gasteiger partial charge in [0.05, 0.1) is 22.6 Å². The molecule has 4 nitrogen and oxygen atoms in total. The molecule has 61 heavy (non-hydrogen) atoms. The van der Waals surface area contributed by atoms with E-state index in [1.54, 1.807) is 0 Å². The summed E-state index contributed by atoms with van der Waals surface area (Å²) in [6, 6.07) is 81.0. The molecule has 0 atom stereocenters. The number of benzene rings is 8. The van der Waals surface area contributed by atoms with Crippen LogP contribution in [0.5, 0.6) is 0 Å². The molecular formula is C57H38N4. The van der Waals surface area contributed by atoms with E-state index < -0.39 is 0 Å². The standard InChI is InChI=1S/C57H38N4/c1-6-17-42(18-7-1)50-38-51(43-19-8-2-9-20-43)59-57(58-50)47-35-31-40(32-36-47)39-29-33-41(34-30-39)49-28-16-27-48-37-52(44-21-10-3-11-22-44)61-56(53(48)49)54(45-23-12-4-13-24-45)55(60-61)46-25-14-5-15-26-46/h1-38H. The fourth-order valence-corrected chi connectivity index (χ4v) is 8.46. The van der Waals surface area contributed by atoms with Crippen LogP contribution in [0.3, 0.4) is 0 Å². The molecule has 0 fully saturated rings. The summed E-state index contributed by atoms with van der Waals surface area (Å²) in [6.45, 7) is 0. The van der Waals surface area contributed by atoms with Crippen LogP contribution in [0.15, 0.2) is 231 Å². The normalized spacial score (nSPS) is 11.3. The maximum absolute atomic E-state index is 5.45. The fourth-order valence-electron chi connectivity index (χ4n) is 8.46. The first-order valence-electron chi connectivity index (χ1n) is 20.6. The Hall–Kier alpha value is -8.21. The molecule has 0 bridgehead atoms. The minimum atomic E-state index is 0.699. The fraction of sp³-hybridized carbons (Fsp3) is 0. The van der Waals surface area contributed by atoms with E-state index in [9.17, 15) is 0 Å². The van der Waals surface area contributed by atoms with Gasteiger partial charge in [-0.25, -0.2) is 14.5 Å². The van der Waals surface area contributed by atoms with E-state index in [1.165, 1.54) is 5.39 Å². The van der Waals surface area contributed by atoms with Gasteiger partial charge in [-0.3, -0.25) is 0 Å². The number of pyridine rings is 1. The number of nitrogens with zero attached hydrogens (tertiary/aromatic N) is 4. The van der Waals surface area contributed by atoms with Crippen LogP contribution in [0.2, 0.25) is 0 Å². The number of rotatable bonds is 8. The maximum Gasteiger partial charge on any atom is 0.160 e. The molecule has 0 saturated carbocycles. The minimum absolute atomic E-state index is 0.699. The van der Waals surface area contributed by atoms with Crippen LogP contribution < -0.4 is 0 Å². The molecule has 0 amide bonds. The van der Waals surface area contributed by atoms with E-state index in [4.69, 9.17) is 15.1 Å². The Morgan fingerprint density at radius 3 is 1.33 bits per heavy atom. The highest BCUT2D eigenvalue weighted by molar-refractivity contribution is 6.14. The van der Waals surface area contributed by atoms with Crippen molar-refractivity contribution in [3.8, 4) is 89.8 Å². The summed E-state index contributed by atoms with van der Waals surface area (Å²) in [7, 11) is 0. The lowest BCUT2D eigenvalue weighted by Crippen LogP contribution is -1.97. The summed E-state index contributed by atoms with van der Waals surface area (Å²) in [6.07, 6.45) is 0. The third kappa shape index (κ3) is 6.76. The number of hydrogen-bond donors (Lipinski definition) is 0. The summed E-state index contributed by atoms with van der Waals surface area (Å²) in [4.78, 5) is 10.1. The number of aromatic nitrogens is 4. The Morgan fingerprint density at radius 2 is 0.787 bits per heavy atom. The number of hydrogen-bond acceptors (Lipinski definition) is 3. The van der Waals surface area contributed by atoms with Gasteiger partial charge in [0.15, 0.2) is 5.82 Å².